The summed E-state index contributed by atoms with van der Waals surface area (Å²) in [4.78, 5) is 0. The molecule has 0 heterocycles. The number of hydrogen-bond donors (Lipinski definition) is 2. The zero-order valence-corrected chi connectivity index (χ0v) is 12.0. The van der Waals surface area contributed by atoms with Gasteiger partial charge in [0, 0.05) is 12.1 Å². The van der Waals surface area contributed by atoms with Crippen LogP contribution in [0.15, 0.2) is 42.5 Å². The molecule has 2 N–H and O–H groups in total. The molecule has 0 radical (unpaired) electrons. The summed E-state index contributed by atoms with van der Waals surface area (Å²) in [5.74, 6) is 0. The molecule has 0 bridgehead atoms. The fourth-order valence-electron chi connectivity index (χ4n) is 2.35. The summed E-state index contributed by atoms with van der Waals surface area (Å²) >= 11 is 0. The van der Waals surface area contributed by atoms with Crippen LogP contribution in [0.2, 0.25) is 0 Å². The Bertz CT molecular complexity index is 546. The van der Waals surface area contributed by atoms with Crippen molar-refractivity contribution in [1.82, 2.24) is 5.32 Å². The highest BCUT2D eigenvalue weighted by Gasteiger charge is 2.18. The maximum Gasteiger partial charge on any atom is 0.0636 e. The first-order valence-corrected chi connectivity index (χ1v) is 6.87. The highest BCUT2D eigenvalue weighted by Crippen LogP contribution is 2.19. The normalized spacial score (nSPS) is 13.7. The van der Waals surface area contributed by atoms with E-state index < -0.39 is 0 Å². The van der Waals surface area contributed by atoms with Gasteiger partial charge in [-0.3, -0.25) is 0 Å². The molecule has 0 aliphatic carbocycles. The molecule has 1 unspecified atom stereocenters. The molecule has 2 rings (SSSR count). The number of nitrogens with one attached hydrogen (secondary N) is 1. The van der Waals surface area contributed by atoms with Crippen molar-refractivity contribution in [3.63, 3.8) is 0 Å². The molecule has 0 aliphatic rings. The number of rotatable bonds is 5. The monoisotopic (exact) mass is 257 g/mol. The van der Waals surface area contributed by atoms with Gasteiger partial charge in [-0.15, -0.1) is 0 Å². The molecule has 2 aromatic carbocycles. The van der Waals surface area contributed by atoms with Crippen LogP contribution in [0.1, 0.15) is 26.3 Å². The van der Waals surface area contributed by atoms with Crippen LogP contribution in [0.3, 0.4) is 0 Å². The van der Waals surface area contributed by atoms with E-state index in [-0.39, 0.29) is 11.6 Å². The van der Waals surface area contributed by atoms with Crippen LogP contribution in [0.5, 0.6) is 0 Å². The first-order chi connectivity index (χ1) is 8.96. The summed E-state index contributed by atoms with van der Waals surface area (Å²) in [6.07, 6.45) is 0.640. The Morgan fingerprint density at radius 1 is 1.11 bits per heavy atom. The Kier molecular flexibility index (Phi) is 4.23. The van der Waals surface area contributed by atoms with E-state index in [4.69, 9.17) is 0 Å². The van der Waals surface area contributed by atoms with Gasteiger partial charge in [0.05, 0.1) is 6.10 Å². The molecule has 2 heteroatoms. The third kappa shape index (κ3) is 4.05. The summed E-state index contributed by atoms with van der Waals surface area (Å²) in [5.41, 5.74) is 1.31. The maximum atomic E-state index is 9.36. The quantitative estimate of drug-likeness (QED) is 0.862. The Morgan fingerprint density at radius 2 is 1.79 bits per heavy atom. The Hall–Kier alpha value is -1.38. The molecule has 2 nitrogen and oxygen atoms in total. The van der Waals surface area contributed by atoms with Crippen molar-refractivity contribution < 1.29 is 5.11 Å². The fraction of sp³-hybridized carbons (Fsp3) is 0.412. The van der Waals surface area contributed by atoms with E-state index in [2.05, 4.69) is 61.6 Å². The fourth-order valence-corrected chi connectivity index (χ4v) is 2.35. The van der Waals surface area contributed by atoms with Gasteiger partial charge in [0.25, 0.3) is 0 Å². The molecule has 0 aromatic heterocycles. The molecule has 0 aliphatic heterocycles. The zero-order chi connectivity index (χ0) is 13.9. The molecule has 0 amide bonds. The van der Waals surface area contributed by atoms with Gasteiger partial charge in [0.15, 0.2) is 0 Å². The van der Waals surface area contributed by atoms with E-state index in [0.717, 1.165) is 6.42 Å². The minimum absolute atomic E-state index is 0.0144. The van der Waals surface area contributed by atoms with Crippen molar-refractivity contribution in [2.75, 3.05) is 6.54 Å². The van der Waals surface area contributed by atoms with Crippen LogP contribution in [-0.2, 0) is 6.42 Å². The van der Waals surface area contributed by atoms with Crippen molar-refractivity contribution >= 4 is 10.8 Å². The molecule has 19 heavy (non-hydrogen) atoms. The van der Waals surface area contributed by atoms with Gasteiger partial charge in [-0.25, -0.2) is 0 Å². The van der Waals surface area contributed by atoms with Crippen LogP contribution in [0.25, 0.3) is 10.8 Å². The number of β-amino-alcohol motifs (C(OH)–C–C–N with tert-alkyl or cyclic N) is 1. The molecule has 0 spiro atoms. The maximum absolute atomic E-state index is 9.36. The minimum Gasteiger partial charge on any atom is -0.392 e. The number of hydrogen-bond acceptors (Lipinski definition) is 2. The second kappa shape index (κ2) is 5.72. The molecule has 0 fully saturated rings. The molecule has 2 aromatic rings. The lowest BCUT2D eigenvalue weighted by molar-refractivity contribution is 0.176. The van der Waals surface area contributed by atoms with E-state index >= 15 is 0 Å². The molecule has 1 atom stereocenters. The molecule has 0 saturated heterocycles. The van der Waals surface area contributed by atoms with E-state index in [1.165, 1.54) is 16.3 Å². The smallest absolute Gasteiger partial charge is 0.0636 e. The third-order valence-corrected chi connectivity index (χ3v) is 3.34. The number of benzene rings is 2. The largest absolute Gasteiger partial charge is 0.392 e. The summed E-state index contributed by atoms with van der Waals surface area (Å²) < 4.78 is 0. The highest BCUT2D eigenvalue weighted by molar-refractivity contribution is 5.83. The van der Waals surface area contributed by atoms with Crippen LogP contribution in [-0.4, -0.2) is 23.3 Å². The lowest BCUT2D eigenvalue weighted by Crippen LogP contribution is -2.44. The first-order valence-electron chi connectivity index (χ1n) is 6.87. The van der Waals surface area contributed by atoms with Crippen molar-refractivity contribution in [2.45, 2.75) is 38.8 Å². The summed E-state index contributed by atoms with van der Waals surface area (Å²) in [6.45, 7) is 6.77. The number of fused-ring (bicyclic) bond motifs is 1. The molecule has 102 valence electrons. The van der Waals surface area contributed by atoms with Crippen LogP contribution < -0.4 is 5.32 Å². The van der Waals surface area contributed by atoms with Crippen molar-refractivity contribution in [1.29, 1.82) is 0 Å². The Balaban J connectivity index is 2.11. The van der Waals surface area contributed by atoms with Crippen LogP contribution >= 0.6 is 0 Å². The van der Waals surface area contributed by atoms with Crippen molar-refractivity contribution in [2.24, 2.45) is 0 Å². The van der Waals surface area contributed by atoms with Gasteiger partial charge >= 0.3 is 0 Å². The lowest BCUT2D eigenvalue weighted by atomic mass is 9.93. The topological polar surface area (TPSA) is 32.3 Å². The Labute approximate surface area is 115 Å². The van der Waals surface area contributed by atoms with Crippen LogP contribution in [0.4, 0.5) is 0 Å². The SMILES string of the molecule is CC(O)CNC(C)(C)Cc1ccc2ccccc2c1. The lowest BCUT2D eigenvalue weighted by Gasteiger charge is -2.27. The standard InChI is InChI=1S/C17H23NO/c1-13(19)12-18-17(2,3)11-14-8-9-15-6-4-5-7-16(15)10-14/h4-10,13,18-19H,11-12H2,1-3H3. The molecule has 0 saturated carbocycles. The van der Waals surface area contributed by atoms with E-state index in [0.29, 0.717) is 6.54 Å². The molecular weight excluding hydrogens is 234 g/mol. The van der Waals surface area contributed by atoms with Crippen LogP contribution in [0, 0.1) is 0 Å². The number of aliphatic hydroxyl groups is 1. The van der Waals surface area contributed by atoms with Crippen molar-refractivity contribution in [3.05, 3.63) is 48.0 Å². The first kappa shape index (κ1) is 14.0. The van der Waals surface area contributed by atoms with Gasteiger partial charge in [0.2, 0.25) is 0 Å². The van der Waals surface area contributed by atoms with E-state index in [1.54, 1.807) is 6.92 Å². The average molecular weight is 257 g/mol. The van der Waals surface area contributed by atoms with Gasteiger partial charge in [-0.05, 0) is 43.5 Å². The van der Waals surface area contributed by atoms with Gasteiger partial charge in [0.1, 0.15) is 0 Å². The second-order valence-electron chi connectivity index (χ2n) is 5.97. The van der Waals surface area contributed by atoms with Crippen molar-refractivity contribution in [3.8, 4) is 0 Å². The summed E-state index contributed by atoms with van der Waals surface area (Å²) in [5, 5.41) is 15.3. The van der Waals surface area contributed by atoms with E-state index in [9.17, 15) is 5.11 Å². The van der Waals surface area contributed by atoms with Gasteiger partial charge in [-0.1, -0.05) is 42.5 Å². The van der Waals surface area contributed by atoms with E-state index in [1.807, 2.05) is 0 Å². The molecular formula is C17H23NO. The predicted molar refractivity (Wildman–Crippen MR) is 81.4 cm³/mol. The number of aliphatic hydroxyl groups excluding tert-OH is 1. The average Bonchev–Trinajstić information content (AvgIpc) is 2.36. The predicted octanol–water partition coefficient (Wildman–Crippen LogP) is 3.13. The summed E-state index contributed by atoms with van der Waals surface area (Å²) in [7, 11) is 0. The summed E-state index contributed by atoms with van der Waals surface area (Å²) in [6, 6.07) is 15.0. The van der Waals surface area contributed by atoms with Gasteiger partial charge in [-0.2, -0.15) is 0 Å². The minimum atomic E-state index is -0.309. The van der Waals surface area contributed by atoms with Gasteiger partial charge < -0.3 is 10.4 Å². The second-order valence-corrected chi connectivity index (χ2v) is 5.97. The highest BCUT2D eigenvalue weighted by atomic mass is 16.3. The Morgan fingerprint density at radius 3 is 2.47 bits per heavy atom. The third-order valence-electron chi connectivity index (χ3n) is 3.34. The zero-order valence-electron chi connectivity index (χ0n) is 12.0.